The zero-order valence-corrected chi connectivity index (χ0v) is 21.1. The third kappa shape index (κ3) is 18.9. The highest BCUT2D eigenvalue weighted by atomic mass is 16.7. The molecule has 1 aliphatic rings. The first-order valence-corrected chi connectivity index (χ1v) is 13.5. The molecule has 1 rings (SSSR count). The van der Waals surface area contributed by atoms with Gasteiger partial charge in [-0.05, 0) is 25.7 Å². The zero-order valence-electron chi connectivity index (χ0n) is 21.1. The molecule has 0 saturated carbocycles. The molecule has 1 saturated heterocycles. The largest absolute Gasteiger partial charge is 0.379 e. The molecule has 2 atom stereocenters. The maximum absolute atomic E-state index is 11.9. The molecule has 33 heavy (non-hydrogen) atoms. The normalized spacial score (nSPS) is 17.1. The summed E-state index contributed by atoms with van der Waals surface area (Å²) in [5, 5.41) is 2.79. The molecule has 3 N–H and O–H groups in total. The van der Waals surface area contributed by atoms with E-state index >= 15 is 0 Å². The van der Waals surface area contributed by atoms with E-state index in [9.17, 15) is 9.59 Å². The van der Waals surface area contributed by atoms with Crippen LogP contribution in [-0.2, 0) is 23.8 Å². The summed E-state index contributed by atoms with van der Waals surface area (Å²) in [4.78, 5) is 22.9. The zero-order chi connectivity index (χ0) is 24.0. The van der Waals surface area contributed by atoms with E-state index in [2.05, 4.69) is 12.2 Å². The molecule has 1 heterocycles. The van der Waals surface area contributed by atoms with Crippen LogP contribution in [0.3, 0.4) is 0 Å². The molecule has 0 aromatic rings. The quantitative estimate of drug-likeness (QED) is 0.171. The molecule has 0 aromatic carbocycles. The van der Waals surface area contributed by atoms with Gasteiger partial charge in [-0.3, -0.25) is 9.59 Å². The maximum Gasteiger partial charge on any atom is 0.229 e. The van der Waals surface area contributed by atoms with Crippen LogP contribution in [0.5, 0.6) is 0 Å². The van der Waals surface area contributed by atoms with Crippen LogP contribution in [0.2, 0.25) is 0 Å². The van der Waals surface area contributed by atoms with Crippen LogP contribution in [0.15, 0.2) is 0 Å². The van der Waals surface area contributed by atoms with E-state index in [4.69, 9.17) is 19.9 Å². The Kier molecular flexibility index (Phi) is 19.3. The number of carbonyl (C=O) groups excluding carboxylic acids is 2. The lowest BCUT2D eigenvalue weighted by atomic mass is 10.0. The molecule has 2 unspecified atom stereocenters. The van der Waals surface area contributed by atoms with Crippen molar-refractivity contribution in [2.24, 2.45) is 5.73 Å². The summed E-state index contributed by atoms with van der Waals surface area (Å²) in [7, 11) is 0. The van der Waals surface area contributed by atoms with E-state index in [1.807, 2.05) is 0 Å². The number of primary amides is 1. The molecule has 0 radical (unpaired) electrons. The standard InChI is InChI=1S/C26H50N2O5/c1-2-3-4-5-6-7-8-9-10-11-12-13-15-18-31-21-23(28-25(30)20-24(27)29)22-33-26-17-14-16-19-32-26/h23,26H,2-22H2,1H3,(H2,27,29)(H,28,30). The number of amides is 2. The van der Waals surface area contributed by atoms with Crippen LogP contribution in [0.4, 0.5) is 0 Å². The van der Waals surface area contributed by atoms with Gasteiger partial charge in [0.1, 0.15) is 6.42 Å². The van der Waals surface area contributed by atoms with Crippen LogP contribution >= 0.6 is 0 Å². The Morgan fingerprint density at radius 2 is 1.52 bits per heavy atom. The molecule has 1 aliphatic heterocycles. The Morgan fingerprint density at radius 3 is 2.06 bits per heavy atom. The van der Waals surface area contributed by atoms with Gasteiger partial charge in [0.2, 0.25) is 11.8 Å². The minimum absolute atomic E-state index is 0.227. The Labute approximate surface area is 201 Å². The van der Waals surface area contributed by atoms with Crippen LogP contribution in [0, 0.1) is 0 Å². The fourth-order valence-corrected chi connectivity index (χ4v) is 4.08. The van der Waals surface area contributed by atoms with Crippen LogP contribution in [-0.4, -0.2) is 50.6 Å². The number of nitrogens with one attached hydrogen (secondary N) is 1. The average molecular weight is 471 g/mol. The van der Waals surface area contributed by atoms with Crippen molar-refractivity contribution in [2.45, 2.75) is 128 Å². The minimum Gasteiger partial charge on any atom is -0.379 e. The average Bonchev–Trinajstić information content (AvgIpc) is 2.80. The van der Waals surface area contributed by atoms with E-state index in [1.165, 1.54) is 77.0 Å². The van der Waals surface area contributed by atoms with Crippen molar-refractivity contribution in [1.82, 2.24) is 5.32 Å². The van der Waals surface area contributed by atoms with Gasteiger partial charge in [0.25, 0.3) is 0 Å². The number of ether oxygens (including phenoxy) is 3. The van der Waals surface area contributed by atoms with Gasteiger partial charge in [-0.15, -0.1) is 0 Å². The Hall–Kier alpha value is -1.18. The molecule has 194 valence electrons. The number of unbranched alkanes of at least 4 members (excludes halogenated alkanes) is 12. The lowest BCUT2D eigenvalue weighted by Gasteiger charge is -2.26. The first kappa shape index (κ1) is 29.9. The molecule has 1 fully saturated rings. The maximum atomic E-state index is 11.9. The fourth-order valence-electron chi connectivity index (χ4n) is 4.08. The molecule has 7 heteroatoms. The molecular weight excluding hydrogens is 420 g/mol. The van der Waals surface area contributed by atoms with Crippen LogP contribution in [0.1, 0.15) is 116 Å². The van der Waals surface area contributed by atoms with Gasteiger partial charge in [-0.2, -0.15) is 0 Å². The van der Waals surface area contributed by atoms with Crippen molar-refractivity contribution in [3.8, 4) is 0 Å². The van der Waals surface area contributed by atoms with Crippen molar-refractivity contribution < 1.29 is 23.8 Å². The third-order valence-electron chi connectivity index (χ3n) is 6.03. The summed E-state index contributed by atoms with van der Waals surface area (Å²) < 4.78 is 17.2. The molecule has 2 amide bonds. The summed E-state index contributed by atoms with van der Waals surface area (Å²) in [5.41, 5.74) is 5.11. The summed E-state index contributed by atoms with van der Waals surface area (Å²) in [6, 6.07) is -0.315. The molecule has 0 spiro atoms. The Balaban J connectivity index is 2.04. The monoisotopic (exact) mass is 470 g/mol. The van der Waals surface area contributed by atoms with E-state index in [1.54, 1.807) is 0 Å². The number of hydrogen-bond donors (Lipinski definition) is 2. The lowest BCUT2D eigenvalue weighted by Crippen LogP contribution is -2.44. The van der Waals surface area contributed by atoms with E-state index in [0.717, 1.165) is 25.7 Å². The molecule has 0 bridgehead atoms. The summed E-state index contributed by atoms with van der Waals surface area (Å²) in [6.07, 6.45) is 19.6. The highest BCUT2D eigenvalue weighted by Gasteiger charge is 2.19. The number of hydrogen-bond acceptors (Lipinski definition) is 5. The van der Waals surface area contributed by atoms with E-state index in [-0.39, 0.29) is 18.8 Å². The highest BCUT2D eigenvalue weighted by Crippen LogP contribution is 2.14. The SMILES string of the molecule is CCCCCCCCCCCCCCCOCC(COC1CCCCO1)NC(=O)CC(N)=O. The van der Waals surface area contributed by atoms with Gasteiger partial charge in [0, 0.05) is 13.2 Å². The first-order valence-electron chi connectivity index (χ1n) is 13.5. The van der Waals surface area contributed by atoms with Crippen LogP contribution in [0.25, 0.3) is 0 Å². The van der Waals surface area contributed by atoms with Gasteiger partial charge < -0.3 is 25.3 Å². The van der Waals surface area contributed by atoms with Gasteiger partial charge in [-0.25, -0.2) is 0 Å². The van der Waals surface area contributed by atoms with Crippen molar-refractivity contribution in [1.29, 1.82) is 0 Å². The second kappa shape index (κ2) is 21.4. The summed E-state index contributed by atoms with van der Waals surface area (Å²) >= 11 is 0. The van der Waals surface area contributed by atoms with Gasteiger partial charge in [0.15, 0.2) is 6.29 Å². The second-order valence-corrected chi connectivity index (χ2v) is 9.35. The van der Waals surface area contributed by atoms with Gasteiger partial charge in [0.05, 0.1) is 19.3 Å². The smallest absolute Gasteiger partial charge is 0.229 e. The minimum atomic E-state index is -0.643. The third-order valence-corrected chi connectivity index (χ3v) is 6.03. The van der Waals surface area contributed by atoms with Gasteiger partial charge in [-0.1, -0.05) is 84.0 Å². The van der Waals surface area contributed by atoms with Crippen LogP contribution < -0.4 is 11.1 Å². The Morgan fingerprint density at radius 1 is 0.909 bits per heavy atom. The topological polar surface area (TPSA) is 99.9 Å². The second-order valence-electron chi connectivity index (χ2n) is 9.35. The summed E-state index contributed by atoms with van der Waals surface area (Å²) in [5.74, 6) is -1.04. The first-order chi connectivity index (χ1) is 16.1. The summed E-state index contributed by atoms with van der Waals surface area (Å²) in [6.45, 7) is 4.29. The van der Waals surface area contributed by atoms with E-state index in [0.29, 0.717) is 26.4 Å². The van der Waals surface area contributed by atoms with Gasteiger partial charge >= 0.3 is 0 Å². The predicted octanol–water partition coefficient (Wildman–Crippen LogP) is 5.00. The molecule has 0 aromatic heterocycles. The predicted molar refractivity (Wildman–Crippen MR) is 132 cm³/mol. The lowest BCUT2D eigenvalue weighted by molar-refractivity contribution is -0.168. The molecular formula is C26H50N2O5. The molecule has 0 aliphatic carbocycles. The number of rotatable bonds is 22. The van der Waals surface area contributed by atoms with Crippen molar-refractivity contribution in [2.75, 3.05) is 26.4 Å². The van der Waals surface area contributed by atoms with Crippen molar-refractivity contribution >= 4 is 11.8 Å². The van der Waals surface area contributed by atoms with Crippen molar-refractivity contribution in [3.05, 3.63) is 0 Å². The highest BCUT2D eigenvalue weighted by molar-refractivity contribution is 5.96. The number of nitrogens with two attached hydrogens (primary N) is 1. The molecule has 7 nitrogen and oxygen atoms in total. The van der Waals surface area contributed by atoms with E-state index < -0.39 is 11.8 Å². The Bertz CT molecular complexity index is 483. The van der Waals surface area contributed by atoms with Crippen molar-refractivity contribution in [3.63, 3.8) is 0 Å². The fraction of sp³-hybridized carbons (Fsp3) is 0.923. The number of carbonyl (C=O) groups is 2.